The molecule has 1 amide bonds. The second-order valence-corrected chi connectivity index (χ2v) is 9.98. The van der Waals surface area contributed by atoms with Crippen LogP contribution in [0.15, 0.2) is 78.4 Å². The van der Waals surface area contributed by atoms with Gasteiger partial charge in [0.15, 0.2) is 0 Å². The maximum Gasteiger partial charge on any atom is 0.300 e. The summed E-state index contributed by atoms with van der Waals surface area (Å²) in [6.07, 6.45) is 0.00397. The zero-order valence-electron chi connectivity index (χ0n) is 21.9. The summed E-state index contributed by atoms with van der Waals surface area (Å²) in [7, 11) is 0. The Morgan fingerprint density at radius 1 is 0.919 bits per heavy atom. The fourth-order valence-corrected chi connectivity index (χ4v) is 4.35. The van der Waals surface area contributed by atoms with E-state index in [0.29, 0.717) is 40.8 Å². The van der Waals surface area contributed by atoms with E-state index < -0.39 is 17.7 Å². The molecule has 1 atom stereocenters. The van der Waals surface area contributed by atoms with Gasteiger partial charge in [0.2, 0.25) is 0 Å². The number of anilines is 1. The van der Waals surface area contributed by atoms with E-state index in [1.165, 1.54) is 4.90 Å². The quantitative estimate of drug-likeness (QED) is 0.219. The summed E-state index contributed by atoms with van der Waals surface area (Å²) in [5.41, 5.74) is 2.66. The number of aliphatic hydroxyl groups excluding tert-OH is 1. The minimum Gasteiger partial charge on any atom is -0.507 e. The van der Waals surface area contributed by atoms with Crippen LogP contribution in [-0.4, -0.2) is 29.5 Å². The van der Waals surface area contributed by atoms with Crippen molar-refractivity contribution in [3.05, 3.63) is 95.1 Å². The molecule has 6 nitrogen and oxygen atoms in total. The SMILES string of the molecule is Cc1cccc(N2C(=O)C(=O)/C(=C(/O)c3ccc(OC(C)C)cc3)C2c2cccc(OCC(C)C)c2)c1. The summed E-state index contributed by atoms with van der Waals surface area (Å²) in [5.74, 6) is -0.0349. The van der Waals surface area contributed by atoms with Crippen LogP contribution in [0.25, 0.3) is 5.76 Å². The van der Waals surface area contributed by atoms with Crippen LogP contribution in [0.3, 0.4) is 0 Å². The highest BCUT2D eigenvalue weighted by Crippen LogP contribution is 2.43. The van der Waals surface area contributed by atoms with Crippen molar-refractivity contribution in [2.24, 2.45) is 5.92 Å². The molecule has 4 rings (SSSR count). The van der Waals surface area contributed by atoms with Gasteiger partial charge in [0.05, 0.1) is 24.3 Å². The Balaban J connectivity index is 1.85. The lowest BCUT2D eigenvalue weighted by Crippen LogP contribution is -2.29. The van der Waals surface area contributed by atoms with E-state index in [2.05, 4.69) is 13.8 Å². The van der Waals surface area contributed by atoms with Gasteiger partial charge < -0.3 is 14.6 Å². The molecule has 1 unspecified atom stereocenters. The Labute approximate surface area is 218 Å². The number of carbonyl (C=O) groups is 2. The molecule has 1 saturated heterocycles. The van der Waals surface area contributed by atoms with Crippen LogP contribution in [0.5, 0.6) is 11.5 Å². The lowest BCUT2D eigenvalue weighted by atomic mass is 9.95. The summed E-state index contributed by atoms with van der Waals surface area (Å²) >= 11 is 0. The molecule has 37 heavy (non-hydrogen) atoms. The molecule has 0 radical (unpaired) electrons. The van der Waals surface area contributed by atoms with Crippen molar-refractivity contribution >= 4 is 23.1 Å². The number of aryl methyl sites for hydroxylation is 1. The number of ether oxygens (including phenoxy) is 2. The van der Waals surface area contributed by atoms with Crippen molar-refractivity contribution in [3.8, 4) is 11.5 Å². The number of hydrogen-bond donors (Lipinski definition) is 1. The van der Waals surface area contributed by atoms with Gasteiger partial charge in [-0.1, -0.05) is 38.1 Å². The van der Waals surface area contributed by atoms with E-state index in [9.17, 15) is 14.7 Å². The Kier molecular flexibility index (Phi) is 7.67. The first-order chi connectivity index (χ1) is 17.7. The van der Waals surface area contributed by atoms with Crippen LogP contribution < -0.4 is 14.4 Å². The Bertz CT molecular complexity index is 1320. The van der Waals surface area contributed by atoms with Gasteiger partial charge in [-0.2, -0.15) is 0 Å². The number of ketones is 1. The molecule has 1 aliphatic heterocycles. The average molecular weight is 500 g/mol. The van der Waals surface area contributed by atoms with Crippen molar-refractivity contribution in [1.29, 1.82) is 0 Å². The van der Waals surface area contributed by atoms with Gasteiger partial charge in [-0.25, -0.2) is 0 Å². The van der Waals surface area contributed by atoms with Gasteiger partial charge >= 0.3 is 0 Å². The molecule has 1 fully saturated rings. The molecule has 1 N–H and O–H groups in total. The average Bonchev–Trinajstić information content (AvgIpc) is 3.13. The lowest BCUT2D eigenvalue weighted by molar-refractivity contribution is -0.132. The van der Waals surface area contributed by atoms with Crippen LogP contribution in [0.1, 0.15) is 50.4 Å². The van der Waals surface area contributed by atoms with Gasteiger partial charge in [0, 0.05) is 11.3 Å². The summed E-state index contributed by atoms with van der Waals surface area (Å²) < 4.78 is 11.6. The zero-order valence-corrected chi connectivity index (χ0v) is 21.9. The summed E-state index contributed by atoms with van der Waals surface area (Å²) in [6.45, 7) is 10.4. The van der Waals surface area contributed by atoms with E-state index in [-0.39, 0.29) is 17.4 Å². The molecule has 0 saturated carbocycles. The highest BCUT2D eigenvalue weighted by Gasteiger charge is 2.47. The van der Waals surface area contributed by atoms with E-state index in [4.69, 9.17) is 9.47 Å². The second-order valence-electron chi connectivity index (χ2n) is 9.98. The standard InChI is InChI=1S/C31H33NO5/c1-19(2)18-36-26-11-7-9-23(17-26)28-27(29(33)22-12-14-25(15-13-22)37-20(3)4)30(34)31(35)32(28)24-10-6-8-21(5)16-24/h6-17,19-20,28,33H,18H2,1-5H3/b29-27+. The van der Waals surface area contributed by atoms with Gasteiger partial charge in [0.1, 0.15) is 17.3 Å². The molecule has 3 aromatic carbocycles. The molecule has 0 aliphatic carbocycles. The topological polar surface area (TPSA) is 76.1 Å². The predicted octanol–water partition coefficient (Wildman–Crippen LogP) is 6.44. The van der Waals surface area contributed by atoms with E-state index in [1.807, 2.05) is 63.2 Å². The first kappa shape index (κ1) is 26.0. The maximum absolute atomic E-state index is 13.4. The Morgan fingerprint density at radius 2 is 1.62 bits per heavy atom. The minimum atomic E-state index is -0.823. The molecule has 1 aliphatic rings. The second kappa shape index (κ2) is 10.9. The molecule has 0 bridgehead atoms. The predicted molar refractivity (Wildman–Crippen MR) is 145 cm³/mol. The monoisotopic (exact) mass is 499 g/mol. The van der Waals surface area contributed by atoms with Crippen LogP contribution in [0, 0.1) is 12.8 Å². The van der Waals surface area contributed by atoms with E-state index in [0.717, 1.165) is 5.56 Å². The third-order valence-electron chi connectivity index (χ3n) is 5.98. The molecule has 192 valence electrons. The number of Topliss-reactive ketones (excluding diaryl/α,β-unsaturated/α-hetero) is 1. The number of aliphatic hydroxyl groups is 1. The van der Waals surface area contributed by atoms with Crippen molar-refractivity contribution in [2.75, 3.05) is 11.5 Å². The molecular formula is C31H33NO5. The van der Waals surface area contributed by atoms with Crippen LogP contribution in [0.4, 0.5) is 5.69 Å². The summed E-state index contributed by atoms with van der Waals surface area (Å²) in [5, 5.41) is 11.4. The number of rotatable bonds is 8. The van der Waals surface area contributed by atoms with Crippen LogP contribution >= 0.6 is 0 Å². The molecular weight excluding hydrogens is 466 g/mol. The number of hydrogen-bond acceptors (Lipinski definition) is 5. The van der Waals surface area contributed by atoms with Gasteiger partial charge in [-0.15, -0.1) is 0 Å². The molecule has 3 aromatic rings. The first-order valence-corrected chi connectivity index (χ1v) is 12.5. The number of nitrogens with zero attached hydrogens (tertiary/aromatic N) is 1. The van der Waals surface area contributed by atoms with Crippen molar-refractivity contribution in [1.82, 2.24) is 0 Å². The molecule has 1 heterocycles. The van der Waals surface area contributed by atoms with E-state index in [1.54, 1.807) is 30.3 Å². The molecule has 6 heteroatoms. The first-order valence-electron chi connectivity index (χ1n) is 12.5. The molecule has 0 aromatic heterocycles. The maximum atomic E-state index is 13.4. The molecule has 0 spiro atoms. The van der Waals surface area contributed by atoms with Crippen molar-refractivity contribution in [2.45, 2.75) is 46.8 Å². The third-order valence-corrected chi connectivity index (χ3v) is 5.98. The minimum absolute atomic E-state index is 0.00397. The van der Waals surface area contributed by atoms with Crippen LogP contribution in [-0.2, 0) is 9.59 Å². The Hall–Kier alpha value is -4.06. The Morgan fingerprint density at radius 3 is 2.27 bits per heavy atom. The van der Waals surface area contributed by atoms with Gasteiger partial charge in [0.25, 0.3) is 11.7 Å². The summed E-state index contributed by atoms with van der Waals surface area (Å²) in [4.78, 5) is 28.3. The highest BCUT2D eigenvalue weighted by molar-refractivity contribution is 6.51. The highest BCUT2D eigenvalue weighted by atomic mass is 16.5. The third kappa shape index (κ3) is 5.69. The van der Waals surface area contributed by atoms with Crippen LogP contribution in [0.2, 0.25) is 0 Å². The zero-order chi connectivity index (χ0) is 26.7. The van der Waals surface area contributed by atoms with E-state index >= 15 is 0 Å². The smallest absolute Gasteiger partial charge is 0.300 e. The lowest BCUT2D eigenvalue weighted by Gasteiger charge is -2.26. The fraction of sp³-hybridized carbons (Fsp3) is 0.290. The number of amides is 1. The van der Waals surface area contributed by atoms with Gasteiger partial charge in [-0.3, -0.25) is 14.5 Å². The number of carbonyl (C=O) groups excluding carboxylic acids is 2. The van der Waals surface area contributed by atoms with Crippen molar-refractivity contribution in [3.63, 3.8) is 0 Å². The fourth-order valence-electron chi connectivity index (χ4n) is 4.35. The van der Waals surface area contributed by atoms with Crippen molar-refractivity contribution < 1.29 is 24.2 Å². The number of benzene rings is 3. The summed E-state index contributed by atoms with van der Waals surface area (Å²) in [6, 6.07) is 20.8. The normalized spacial score (nSPS) is 17.1. The van der Waals surface area contributed by atoms with Gasteiger partial charge in [-0.05, 0) is 86.3 Å². The largest absolute Gasteiger partial charge is 0.507 e.